The first-order chi connectivity index (χ1) is 8.52. The van der Waals surface area contributed by atoms with Crippen LogP contribution in [0.25, 0.3) is 0 Å². The van der Waals surface area contributed by atoms with E-state index in [1.807, 2.05) is 6.92 Å². The molecule has 0 bridgehead atoms. The molecule has 0 amide bonds. The van der Waals surface area contributed by atoms with E-state index in [-0.39, 0.29) is 0 Å². The molecule has 2 rings (SSSR count). The van der Waals surface area contributed by atoms with Crippen molar-refractivity contribution in [3.05, 3.63) is 28.8 Å². The summed E-state index contributed by atoms with van der Waals surface area (Å²) in [7, 11) is 0. The number of aryl methyl sites for hydroxylation is 1. The second-order valence-corrected chi connectivity index (χ2v) is 4.87. The largest absolute Gasteiger partial charge is 0.383 e. The number of nitrogen functional groups attached to an aromatic ring is 2. The molecule has 2 aromatic rings. The number of halogens is 1. The van der Waals surface area contributed by atoms with Crippen molar-refractivity contribution in [2.45, 2.75) is 17.8 Å². The minimum Gasteiger partial charge on any atom is -0.383 e. The van der Waals surface area contributed by atoms with Gasteiger partial charge in [-0.25, -0.2) is 19.9 Å². The van der Waals surface area contributed by atoms with Crippen molar-refractivity contribution in [3.63, 3.8) is 0 Å². The van der Waals surface area contributed by atoms with Crippen LogP contribution in [0, 0.1) is 6.92 Å². The van der Waals surface area contributed by atoms with Crippen molar-refractivity contribution in [2.24, 2.45) is 0 Å². The zero-order valence-corrected chi connectivity index (χ0v) is 11.2. The fourth-order valence-corrected chi connectivity index (χ4v) is 2.29. The highest BCUT2D eigenvalue weighted by atomic mass is 35.5. The molecule has 94 valence electrons. The van der Waals surface area contributed by atoms with Gasteiger partial charge in [-0.15, -0.1) is 0 Å². The third-order valence-electron chi connectivity index (χ3n) is 1.94. The van der Waals surface area contributed by atoms with Gasteiger partial charge < -0.3 is 11.5 Å². The summed E-state index contributed by atoms with van der Waals surface area (Å²) >= 11 is 7.20. The van der Waals surface area contributed by atoms with Crippen molar-refractivity contribution < 1.29 is 0 Å². The lowest BCUT2D eigenvalue weighted by Crippen LogP contribution is -2.00. The summed E-state index contributed by atoms with van der Waals surface area (Å²) < 4.78 is 0. The standard InChI is InChI=1S/C10H11ClN6S/c1-5-2-6(11)15-9(14-5)4-18-10-16-7(12)3-8(13)17-10/h2-3H,4H2,1H3,(H4,12,13,16,17). The number of nitrogens with two attached hydrogens (primary N) is 2. The first-order valence-electron chi connectivity index (χ1n) is 5.06. The maximum Gasteiger partial charge on any atom is 0.191 e. The van der Waals surface area contributed by atoms with Crippen molar-refractivity contribution in [2.75, 3.05) is 11.5 Å². The number of rotatable bonds is 3. The predicted molar refractivity (Wildman–Crippen MR) is 72.2 cm³/mol. The van der Waals surface area contributed by atoms with Crippen molar-refractivity contribution >= 4 is 35.0 Å². The second kappa shape index (κ2) is 5.36. The second-order valence-electron chi connectivity index (χ2n) is 3.54. The van der Waals surface area contributed by atoms with Gasteiger partial charge in [0.1, 0.15) is 22.6 Å². The molecule has 0 fully saturated rings. The van der Waals surface area contributed by atoms with Crippen molar-refractivity contribution in [1.82, 2.24) is 19.9 Å². The molecule has 0 radical (unpaired) electrons. The van der Waals surface area contributed by atoms with Crippen LogP contribution in [-0.4, -0.2) is 19.9 Å². The van der Waals surface area contributed by atoms with E-state index in [0.29, 0.717) is 33.5 Å². The highest BCUT2D eigenvalue weighted by Gasteiger charge is 2.05. The van der Waals surface area contributed by atoms with Crippen LogP contribution >= 0.6 is 23.4 Å². The van der Waals surface area contributed by atoms with Gasteiger partial charge in [0.05, 0.1) is 5.75 Å². The molecule has 0 aliphatic rings. The van der Waals surface area contributed by atoms with Crippen LogP contribution in [-0.2, 0) is 5.75 Å². The Bertz CT molecular complexity index is 484. The predicted octanol–water partition coefficient (Wildman–Crippen LogP) is 1.69. The Balaban J connectivity index is 2.11. The van der Waals surface area contributed by atoms with E-state index in [4.69, 9.17) is 23.1 Å². The zero-order valence-electron chi connectivity index (χ0n) is 9.59. The molecule has 8 heteroatoms. The molecule has 0 aromatic carbocycles. The Kier molecular flexibility index (Phi) is 3.83. The lowest BCUT2D eigenvalue weighted by atomic mass is 10.4. The molecule has 0 aliphatic heterocycles. The van der Waals surface area contributed by atoms with Crippen LogP contribution in [0.1, 0.15) is 11.5 Å². The van der Waals surface area contributed by atoms with Gasteiger partial charge in [-0.3, -0.25) is 0 Å². The van der Waals surface area contributed by atoms with Gasteiger partial charge in [-0.05, 0) is 13.0 Å². The molecular weight excluding hydrogens is 272 g/mol. The average molecular weight is 283 g/mol. The molecule has 0 saturated heterocycles. The van der Waals surface area contributed by atoms with Crippen molar-refractivity contribution in [3.8, 4) is 0 Å². The molecule has 4 N–H and O–H groups in total. The van der Waals surface area contributed by atoms with Crippen molar-refractivity contribution in [1.29, 1.82) is 0 Å². The molecule has 0 aliphatic carbocycles. The summed E-state index contributed by atoms with van der Waals surface area (Å²) in [5, 5.41) is 0.917. The van der Waals surface area contributed by atoms with Gasteiger partial charge in [0, 0.05) is 11.8 Å². The SMILES string of the molecule is Cc1cc(Cl)nc(CSc2nc(N)cc(N)n2)n1. The molecule has 0 spiro atoms. The Labute approximate surface area is 113 Å². The minimum absolute atomic E-state index is 0.341. The molecular formula is C10H11ClN6S. The Morgan fingerprint density at radius 1 is 1.11 bits per heavy atom. The van der Waals surface area contributed by atoms with E-state index in [1.165, 1.54) is 17.8 Å². The number of thioether (sulfide) groups is 1. The maximum absolute atomic E-state index is 5.85. The molecule has 0 atom stereocenters. The molecule has 2 aromatic heterocycles. The fourth-order valence-electron chi connectivity index (χ4n) is 1.31. The molecule has 0 saturated carbocycles. The molecule has 18 heavy (non-hydrogen) atoms. The highest BCUT2D eigenvalue weighted by molar-refractivity contribution is 7.98. The fraction of sp³-hybridized carbons (Fsp3) is 0.200. The summed E-state index contributed by atoms with van der Waals surface area (Å²) in [5.41, 5.74) is 12.0. The third-order valence-corrected chi connectivity index (χ3v) is 2.98. The number of anilines is 2. The summed E-state index contributed by atoms with van der Waals surface area (Å²) in [6, 6.07) is 3.20. The van der Waals surface area contributed by atoms with Crippen LogP contribution in [0.4, 0.5) is 11.6 Å². The van der Waals surface area contributed by atoms with Gasteiger partial charge in [0.25, 0.3) is 0 Å². The van der Waals surface area contributed by atoms with Crippen LogP contribution in [0.15, 0.2) is 17.3 Å². The van der Waals surface area contributed by atoms with Crippen LogP contribution in [0.3, 0.4) is 0 Å². The van der Waals surface area contributed by atoms with E-state index in [1.54, 1.807) is 6.07 Å². The lowest BCUT2D eigenvalue weighted by Gasteiger charge is -2.03. The highest BCUT2D eigenvalue weighted by Crippen LogP contribution is 2.20. The molecule has 6 nitrogen and oxygen atoms in total. The number of hydrogen-bond acceptors (Lipinski definition) is 7. The van der Waals surface area contributed by atoms with Gasteiger partial charge in [-0.2, -0.15) is 0 Å². The van der Waals surface area contributed by atoms with E-state index in [2.05, 4.69) is 19.9 Å². The first kappa shape index (κ1) is 12.8. The quantitative estimate of drug-likeness (QED) is 0.501. The van der Waals surface area contributed by atoms with Crippen LogP contribution in [0.5, 0.6) is 0 Å². The van der Waals surface area contributed by atoms with Gasteiger partial charge >= 0.3 is 0 Å². The number of aromatic nitrogens is 4. The van der Waals surface area contributed by atoms with E-state index in [9.17, 15) is 0 Å². The summed E-state index contributed by atoms with van der Waals surface area (Å²) in [6.07, 6.45) is 0. The lowest BCUT2D eigenvalue weighted by molar-refractivity contribution is 0.964. The van der Waals surface area contributed by atoms with Crippen LogP contribution in [0.2, 0.25) is 5.15 Å². The maximum atomic E-state index is 5.85. The average Bonchev–Trinajstić information content (AvgIpc) is 2.23. The minimum atomic E-state index is 0.341. The third kappa shape index (κ3) is 3.44. The van der Waals surface area contributed by atoms with Gasteiger partial charge in [0.2, 0.25) is 0 Å². The Morgan fingerprint density at radius 2 is 1.78 bits per heavy atom. The number of hydrogen-bond donors (Lipinski definition) is 2. The van der Waals surface area contributed by atoms with E-state index in [0.717, 1.165) is 5.69 Å². The van der Waals surface area contributed by atoms with Gasteiger partial charge in [0.15, 0.2) is 5.16 Å². The number of nitrogens with zero attached hydrogens (tertiary/aromatic N) is 4. The summed E-state index contributed by atoms with van der Waals surface area (Å²) in [5.74, 6) is 1.81. The summed E-state index contributed by atoms with van der Waals surface area (Å²) in [6.45, 7) is 1.86. The smallest absolute Gasteiger partial charge is 0.191 e. The Hall–Kier alpha value is -1.60. The van der Waals surface area contributed by atoms with E-state index < -0.39 is 0 Å². The van der Waals surface area contributed by atoms with Crippen LogP contribution < -0.4 is 11.5 Å². The normalized spacial score (nSPS) is 10.6. The monoisotopic (exact) mass is 282 g/mol. The van der Waals surface area contributed by atoms with Gasteiger partial charge in [-0.1, -0.05) is 23.4 Å². The molecule has 0 unspecified atom stereocenters. The Morgan fingerprint density at radius 3 is 2.39 bits per heavy atom. The molecule has 2 heterocycles. The topological polar surface area (TPSA) is 104 Å². The zero-order chi connectivity index (χ0) is 13.1. The van der Waals surface area contributed by atoms with E-state index >= 15 is 0 Å². The summed E-state index contributed by atoms with van der Waals surface area (Å²) in [4.78, 5) is 16.5. The first-order valence-corrected chi connectivity index (χ1v) is 6.42.